The fraction of sp³-hybridized carbons (Fsp3) is 0.348. The van der Waals surface area contributed by atoms with Crippen molar-refractivity contribution in [3.05, 3.63) is 70.9 Å². The van der Waals surface area contributed by atoms with Gasteiger partial charge in [-0.25, -0.2) is 0 Å². The van der Waals surface area contributed by atoms with E-state index in [0.717, 1.165) is 26.2 Å². The molecule has 1 aromatic heterocycles. The monoisotopic (exact) mass is 362 g/mol. The summed E-state index contributed by atoms with van der Waals surface area (Å²) < 4.78 is 7.53. The number of rotatable bonds is 6. The Kier molecular flexibility index (Phi) is 4.99. The zero-order valence-corrected chi connectivity index (χ0v) is 16.1. The summed E-state index contributed by atoms with van der Waals surface area (Å²) in [6.07, 6.45) is 0.452. The Hall–Kier alpha value is -2.59. The Bertz CT molecular complexity index is 959. The van der Waals surface area contributed by atoms with Gasteiger partial charge in [0.1, 0.15) is 0 Å². The van der Waals surface area contributed by atoms with Crippen LogP contribution in [0.1, 0.15) is 35.7 Å². The van der Waals surface area contributed by atoms with E-state index in [2.05, 4.69) is 64.9 Å². The minimum Gasteiger partial charge on any atom is -0.466 e. The van der Waals surface area contributed by atoms with Crippen LogP contribution in [0.15, 0.2) is 48.5 Å². The Labute approximate surface area is 160 Å². The van der Waals surface area contributed by atoms with Gasteiger partial charge in [0.25, 0.3) is 0 Å². The Morgan fingerprint density at radius 2 is 1.93 bits per heavy atom. The Balaban J connectivity index is 1.63. The number of aromatic nitrogens is 1. The number of nitrogens with zero attached hydrogens (tertiary/aromatic N) is 2. The highest BCUT2D eigenvalue weighted by molar-refractivity contribution is 5.87. The summed E-state index contributed by atoms with van der Waals surface area (Å²) in [6.45, 7) is 7.85. The lowest BCUT2D eigenvalue weighted by atomic mass is 10.1. The number of aryl methyl sites for hydroxylation is 1. The van der Waals surface area contributed by atoms with E-state index < -0.39 is 0 Å². The smallest absolute Gasteiger partial charge is 0.307 e. The molecule has 0 N–H and O–H groups in total. The summed E-state index contributed by atoms with van der Waals surface area (Å²) in [5.41, 5.74) is 6.69. The van der Waals surface area contributed by atoms with E-state index in [0.29, 0.717) is 13.0 Å². The molecule has 4 rings (SSSR count). The number of carbonyl (C=O) groups is 1. The first kappa shape index (κ1) is 17.8. The van der Waals surface area contributed by atoms with Gasteiger partial charge in [-0.05, 0) is 37.1 Å². The van der Waals surface area contributed by atoms with Crippen molar-refractivity contribution in [1.82, 2.24) is 9.47 Å². The molecule has 4 heteroatoms. The molecule has 2 aromatic carbocycles. The molecule has 0 saturated heterocycles. The quantitative estimate of drug-likeness (QED) is 0.614. The van der Waals surface area contributed by atoms with Gasteiger partial charge in [-0.15, -0.1) is 0 Å². The number of hydrogen-bond donors (Lipinski definition) is 0. The van der Waals surface area contributed by atoms with Crippen LogP contribution < -0.4 is 0 Å². The van der Waals surface area contributed by atoms with E-state index in [1.807, 2.05) is 6.92 Å². The fourth-order valence-electron chi connectivity index (χ4n) is 4.03. The van der Waals surface area contributed by atoms with Crippen LogP contribution in [-0.2, 0) is 29.2 Å². The van der Waals surface area contributed by atoms with E-state index in [9.17, 15) is 4.79 Å². The van der Waals surface area contributed by atoms with E-state index >= 15 is 0 Å². The van der Waals surface area contributed by atoms with E-state index in [1.165, 1.54) is 33.3 Å². The molecule has 2 heterocycles. The molecule has 0 fully saturated rings. The van der Waals surface area contributed by atoms with Crippen LogP contribution in [0, 0.1) is 6.92 Å². The van der Waals surface area contributed by atoms with Crippen molar-refractivity contribution < 1.29 is 9.53 Å². The van der Waals surface area contributed by atoms with Crippen molar-refractivity contribution in [3.8, 4) is 0 Å². The first-order valence-electron chi connectivity index (χ1n) is 9.68. The van der Waals surface area contributed by atoms with Gasteiger partial charge in [0.15, 0.2) is 0 Å². The first-order valence-corrected chi connectivity index (χ1v) is 9.68. The number of benzene rings is 2. The van der Waals surface area contributed by atoms with Crippen LogP contribution in [0.25, 0.3) is 10.9 Å². The number of fused-ring (bicyclic) bond motifs is 3. The van der Waals surface area contributed by atoms with Crippen molar-refractivity contribution >= 4 is 16.9 Å². The molecule has 1 aliphatic rings. The van der Waals surface area contributed by atoms with Gasteiger partial charge >= 0.3 is 5.97 Å². The molecule has 0 saturated carbocycles. The van der Waals surface area contributed by atoms with Crippen LogP contribution in [0.4, 0.5) is 0 Å². The van der Waals surface area contributed by atoms with Crippen LogP contribution in [-0.4, -0.2) is 28.6 Å². The summed E-state index contributed by atoms with van der Waals surface area (Å²) in [6, 6.07) is 17.3. The molecule has 0 atom stereocenters. The second-order valence-electron chi connectivity index (χ2n) is 7.28. The molecule has 0 aliphatic carbocycles. The van der Waals surface area contributed by atoms with Gasteiger partial charge in [-0.2, -0.15) is 0 Å². The van der Waals surface area contributed by atoms with Crippen LogP contribution >= 0.6 is 0 Å². The van der Waals surface area contributed by atoms with E-state index in [4.69, 9.17) is 4.74 Å². The molecule has 0 bridgehead atoms. The molecule has 0 spiro atoms. The second kappa shape index (κ2) is 7.57. The zero-order valence-electron chi connectivity index (χ0n) is 16.1. The second-order valence-corrected chi connectivity index (χ2v) is 7.28. The number of esters is 1. The zero-order chi connectivity index (χ0) is 18.8. The molecule has 27 heavy (non-hydrogen) atoms. The van der Waals surface area contributed by atoms with Crippen molar-refractivity contribution in [2.75, 3.05) is 13.2 Å². The molecular formula is C23H26N2O2. The lowest BCUT2D eigenvalue weighted by Crippen LogP contribution is -2.22. The van der Waals surface area contributed by atoms with Gasteiger partial charge in [0.05, 0.1) is 13.0 Å². The summed E-state index contributed by atoms with van der Waals surface area (Å²) in [4.78, 5) is 14.1. The summed E-state index contributed by atoms with van der Waals surface area (Å²) >= 11 is 0. The van der Waals surface area contributed by atoms with Crippen molar-refractivity contribution in [1.29, 1.82) is 0 Å². The van der Waals surface area contributed by atoms with Gasteiger partial charge < -0.3 is 9.30 Å². The maximum absolute atomic E-state index is 11.7. The third-order valence-corrected chi connectivity index (χ3v) is 5.32. The van der Waals surface area contributed by atoms with Gasteiger partial charge in [0.2, 0.25) is 0 Å². The van der Waals surface area contributed by atoms with E-state index in [1.54, 1.807) is 0 Å². The highest BCUT2D eigenvalue weighted by Gasteiger charge is 2.27. The predicted molar refractivity (Wildman–Crippen MR) is 108 cm³/mol. The molecular weight excluding hydrogens is 336 g/mol. The number of hydrogen-bond acceptors (Lipinski definition) is 3. The lowest BCUT2D eigenvalue weighted by Gasteiger charge is -2.17. The highest BCUT2D eigenvalue weighted by atomic mass is 16.5. The average Bonchev–Trinajstić information content (AvgIpc) is 3.20. The van der Waals surface area contributed by atoms with Crippen molar-refractivity contribution in [3.63, 3.8) is 0 Å². The third-order valence-electron chi connectivity index (χ3n) is 5.32. The van der Waals surface area contributed by atoms with Crippen molar-refractivity contribution in [2.45, 2.75) is 39.9 Å². The molecule has 1 aliphatic heterocycles. The maximum Gasteiger partial charge on any atom is 0.307 e. The molecule has 4 nitrogen and oxygen atoms in total. The maximum atomic E-state index is 11.7. The minimum atomic E-state index is -0.109. The lowest BCUT2D eigenvalue weighted by molar-refractivity contribution is -0.143. The summed E-state index contributed by atoms with van der Waals surface area (Å²) in [7, 11) is 0. The fourth-order valence-corrected chi connectivity index (χ4v) is 4.03. The normalized spacial score (nSPS) is 13.9. The first-order chi connectivity index (χ1) is 13.2. The predicted octanol–water partition coefficient (Wildman–Crippen LogP) is 4.27. The van der Waals surface area contributed by atoms with Crippen LogP contribution in [0.3, 0.4) is 0 Å². The summed E-state index contributed by atoms with van der Waals surface area (Å²) in [5, 5.41) is 1.35. The molecule has 3 aromatic rings. The van der Waals surface area contributed by atoms with E-state index in [-0.39, 0.29) is 5.97 Å². The van der Waals surface area contributed by atoms with Crippen LogP contribution in [0.5, 0.6) is 0 Å². The average molecular weight is 362 g/mol. The number of ether oxygens (including phenoxy) is 1. The standard InChI is InChI=1S/C23H26N2O2/c1-3-27-23(26)11-12-24-15-20-19-13-17(2)9-10-21(19)25(22(20)16-24)14-18-7-5-4-6-8-18/h4-10,13H,3,11-12,14-16H2,1-2H3. The van der Waals surface area contributed by atoms with Crippen LogP contribution in [0.2, 0.25) is 0 Å². The summed E-state index contributed by atoms with van der Waals surface area (Å²) in [5.74, 6) is -0.109. The largest absolute Gasteiger partial charge is 0.466 e. The third kappa shape index (κ3) is 3.62. The highest BCUT2D eigenvalue weighted by Crippen LogP contribution is 2.34. The molecule has 0 unspecified atom stereocenters. The SMILES string of the molecule is CCOC(=O)CCN1Cc2c(n(Cc3ccccc3)c3ccc(C)cc23)C1. The molecule has 140 valence electrons. The van der Waals surface area contributed by atoms with Gasteiger partial charge in [0, 0.05) is 42.8 Å². The Morgan fingerprint density at radius 1 is 1.11 bits per heavy atom. The topological polar surface area (TPSA) is 34.5 Å². The molecule has 0 amide bonds. The number of carbonyl (C=O) groups excluding carboxylic acids is 1. The van der Waals surface area contributed by atoms with Crippen molar-refractivity contribution in [2.24, 2.45) is 0 Å². The van der Waals surface area contributed by atoms with Gasteiger partial charge in [-0.3, -0.25) is 9.69 Å². The Morgan fingerprint density at radius 3 is 2.70 bits per heavy atom. The van der Waals surface area contributed by atoms with Gasteiger partial charge in [-0.1, -0.05) is 42.0 Å². The molecule has 0 radical (unpaired) electrons. The minimum absolute atomic E-state index is 0.109.